The first-order valence-corrected chi connectivity index (χ1v) is 9.90. The quantitative estimate of drug-likeness (QED) is 0.653. The number of rotatable bonds is 7. The molecule has 142 valence electrons. The summed E-state index contributed by atoms with van der Waals surface area (Å²) in [4.78, 5) is 19.2. The molecule has 0 spiro atoms. The maximum absolute atomic E-state index is 12.5. The molecule has 1 aliphatic rings. The van der Waals surface area contributed by atoms with Gasteiger partial charge in [-0.1, -0.05) is 40.7 Å². The van der Waals surface area contributed by atoms with Crippen LogP contribution >= 0.6 is 0 Å². The fourth-order valence-electron chi connectivity index (χ4n) is 3.08. The van der Waals surface area contributed by atoms with Gasteiger partial charge in [-0.05, 0) is 47.6 Å². The van der Waals surface area contributed by atoms with Crippen LogP contribution in [0.3, 0.4) is 0 Å². The van der Waals surface area contributed by atoms with Crippen molar-refractivity contribution in [2.75, 3.05) is 11.6 Å². The molecule has 1 atom stereocenters. The summed E-state index contributed by atoms with van der Waals surface area (Å²) in [6.45, 7) is 12.9. The lowest BCUT2D eigenvalue weighted by atomic mass is 9.90. The Balaban J connectivity index is 2.29. The molecule has 0 aromatic heterocycles. The Morgan fingerprint density at radius 3 is 2.46 bits per heavy atom. The molecule has 1 fully saturated rings. The second-order valence-corrected chi connectivity index (χ2v) is 8.02. The fraction of sp³-hybridized carbons (Fsp3) is 0.636. The molecule has 1 N–H and O–H groups in total. The minimum atomic E-state index is 0.0155. The van der Waals surface area contributed by atoms with Gasteiger partial charge in [0.05, 0.1) is 13.6 Å². The number of nitrogens with one attached hydrogen (secondary N) is 1. The zero-order chi connectivity index (χ0) is 19.3. The van der Waals surface area contributed by atoms with E-state index < -0.39 is 0 Å². The minimum Gasteiger partial charge on any atom is -0.345 e. The van der Waals surface area contributed by atoms with Gasteiger partial charge in [0.25, 0.3) is 6.07 Å². The maximum Gasteiger partial charge on any atom is 0.363 e. The SMILES string of the molecule is CC#[N+]c1ccc(C(C)C)cc1N(CNC(=O)[C@@H](C)C(C)C)C1CCC1. The Labute approximate surface area is 158 Å². The van der Waals surface area contributed by atoms with E-state index in [2.05, 4.69) is 67.0 Å². The zero-order valence-corrected chi connectivity index (χ0v) is 17.2. The predicted molar refractivity (Wildman–Crippen MR) is 110 cm³/mol. The van der Waals surface area contributed by atoms with E-state index >= 15 is 0 Å². The van der Waals surface area contributed by atoms with Crippen molar-refractivity contribution in [3.8, 4) is 6.07 Å². The van der Waals surface area contributed by atoms with Crippen molar-refractivity contribution in [3.63, 3.8) is 0 Å². The third-order valence-corrected chi connectivity index (χ3v) is 5.56. The average Bonchev–Trinajstić information content (AvgIpc) is 2.56. The Morgan fingerprint density at radius 1 is 1.27 bits per heavy atom. The summed E-state index contributed by atoms with van der Waals surface area (Å²) in [5, 5.41) is 3.15. The molecule has 4 nitrogen and oxygen atoms in total. The second-order valence-electron chi connectivity index (χ2n) is 8.02. The number of carbonyl (C=O) groups excluding carboxylic acids is 1. The molecule has 0 unspecified atom stereocenters. The fourth-order valence-corrected chi connectivity index (χ4v) is 3.08. The van der Waals surface area contributed by atoms with E-state index in [4.69, 9.17) is 0 Å². The van der Waals surface area contributed by atoms with Crippen LogP contribution in [0.4, 0.5) is 11.4 Å². The van der Waals surface area contributed by atoms with Crippen molar-refractivity contribution in [2.24, 2.45) is 11.8 Å². The summed E-state index contributed by atoms with van der Waals surface area (Å²) in [5.74, 6) is 0.931. The van der Waals surface area contributed by atoms with Gasteiger partial charge >= 0.3 is 5.69 Å². The molecule has 0 bridgehead atoms. The molecule has 1 amide bonds. The smallest absolute Gasteiger partial charge is 0.345 e. The summed E-state index contributed by atoms with van der Waals surface area (Å²) in [6, 6.07) is 9.83. The number of hydrogen-bond acceptors (Lipinski definition) is 2. The van der Waals surface area contributed by atoms with Gasteiger partial charge in [0.15, 0.2) is 0 Å². The molecule has 26 heavy (non-hydrogen) atoms. The van der Waals surface area contributed by atoms with Gasteiger partial charge in [0, 0.05) is 18.0 Å². The number of hydrogen-bond donors (Lipinski definition) is 1. The standard InChI is InChI=1S/C22H33N3O/c1-7-23-20-12-11-18(16(4)5)13-21(20)25(19-9-8-10-19)14-24-22(26)17(6)15(2)3/h11-13,15-17,19H,8-10,14H2,1-6H3/p+1/t17-/m0/s1. The number of amides is 1. The molecular formula is C22H34N3O+. The Kier molecular flexibility index (Phi) is 7.08. The number of nitrogens with zero attached hydrogens (tertiary/aromatic N) is 2. The minimum absolute atomic E-state index is 0.0155. The molecular weight excluding hydrogens is 322 g/mol. The summed E-state index contributed by atoms with van der Waals surface area (Å²) in [7, 11) is 0. The highest BCUT2D eigenvalue weighted by Crippen LogP contribution is 2.37. The molecule has 0 saturated heterocycles. The highest BCUT2D eigenvalue weighted by Gasteiger charge is 2.30. The van der Waals surface area contributed by atoms with E-state index in [-0.39, 0.29) is 11.8 Å². The lowest BCUT2D eigenvalue weighted by Crippen LogP contribution is -2.48. The van der Waals surface area contributed by atoms with Crippen LogP contribution in [-0.2, 0) is 4.79 Å². The highest BCUT2D eigenvalue weighted by molar-refractivity contribution is 5.79. The van der Waals surface area contributed by atoms with E-state index in [0.717, 1.165) is 11.4 Å². The third-order valence-electron chi connectivity index (χ3n) is 5.56. The third kappa shape index (κ3) is 4.78. The summed E-state index contributed by atoms with van der Waals surface area (Å²) in [5.41, 5.74) is 3.32. The van der Waals surface area contributed by atoms with E-state index in [0.29, 0.717) is 24.5 Å². The van der Waals surface area contributed by atoms with Gasteiger partial charge in [-0.3, -0.25) is 4.79 Å². The van der Waals surface area contributed by atoms with Crippen LogP contribution in [0.25, 0.3) is 4.85 Å². The van der Waals surface area contributed by atoms with E-state index in [1.54, 1.807) is 0 Å². The average molecular weight is 357 g/mol. The lowest BCUT2D eigenvalue weighted by molar-refractivity contribution is -0.125. The Bertz CT molecular complexity index is 680. The lowest BCUT2D eigenvalue weighted by Gasteiger charge is -2.39. The van der Waals surface area contributed by atoms with Crippen LogP contribution in [0.1, 0.15) is 72.3 Å². The Morgan fingerprint density at radius 2 is 1.96 bits per heavy atom. The van der Waals surface area contributed by atoms with Gasteiger partial charge in [0.2, 0.25) is 5.91 Å². The second kappa shape index (κ2) is 9.07. The molecule has 0 heterocycles. The van der Waals surface area contributed by atoms with E-state index in [9.17, 15) is 4.79 Å². The molecule has 0 aliphatic heterocycles. The van der Waals surface area contributed by atoms with Gasteiger partial charge < -0.3 is 10.2 Å². The van der Waals surface area contributed by atoms with Crippen LogP contribution in [0.15, 0.2) is 18.2 Å². The molecule has 0 radical (unpaired) electrons. The van der Waals surface area contributed by atoms with Gasteiger partial charge in [-0.15, -0.1) is 0 Å². The first kappa shape index (κ1) is 20.3. The van der Waals surface area contributed by atoms with Gasteiger partial charge in [-0.25, -0.2) is 0 Å². The van der Waals surface area contributed by atoms with Crippen LogP contribution in [0, 0.1) is 17.9 Å². The van der Waals surface area contributed by atoms with Crippen molar-refractivity contribution in [1.82, 2.24) is 5.32 Å². The van der Waals surface area contributed by atoms with Crippen molar-refractivity contribution in [2.45, 2.75) is 72.8 Å². The van der Waals surface area contributed by atoms with Crippen molar-refractivity contribution in [3.05, 3.63) is 28.6 Å². The predicted octanol–water partition coefficient (Wildman–Crippen LogP) is 5.52. The molecule has 1 aromatic carbocycles. The number of carbonyl (C=O) groups is 1. The summed E-state index contributed by atoms with van der Waals surface area (Å²) in [6.07, 6.45) is 3.58. The van der Waals surface area contributed by atoms with Crippen molar-refractivity contribution < 1.29 is 4.79 Å². The molecule has 2 rings (SSSR count). The monoisotopic (exact) mass is 356 g/mol. The zero-order valence-electron chi connectivity index (χ0n) is 17.2. The first-order valence-electron chi connectivity index (χ1n) is 9.90. The number of anilines is 1. The largest absolute Gasteiger partial charge is 0.363 e. The van der Waals surface area contributed by atoms with Crippen LogP contribution < -0.4 is 10.2 Å². The van der Waals surface area contributed by atoms with Crippen molar-refractivity contribution in [1.29, 1.82) is 0 Å². The first-order chi connectivity index (χ1) is 12.3. The topological polar surface area (TPSA) is 36.7 Å². The van der Waals surface area contributed by atoms with Crippen LogP contribution in [-0.4, -0.2) is 18.6 Å². The van der Waals surface area contributed by atoms with Crippen LogP contribution in [0.2, 0.25) is 0 Å². The maximum atomic E-state index is 12.5. The summed E-state index contributed by atoms with van der Waals surface area (Å²) >= 11 is 0. The molecule has 4 heteroatoms. The van der Waals surface area contributed by atoms with Gasteiger partial charge in [-0.2, -0.15) is 0 Å². The van der Waals surface area contributed by atoms with Crippen molar-refractivity contribution >= 4 is 17.3 Å². The normalized spacial score (nSPS) is 15.2. The summed E-state index contributed by atoms with van der Waals surface area (Å²) < 4.78 is 0. The van der Waals surface area contributed by atoms with E-state index in [1.165, 1.54) is 24.8 Å². The highest BCUT2D eigenvalue weighted by atomic mass is 16.2. The van der Waals surface area contributed by atoms with E-state index in [1.807, 2.05) is 13.8 Å². The molecule has 1 aliphatic carbocycles. The van der Waals surface area contributed by atoms with Crippen LogP contribution in [0.5, 0.6) is 0 Å². The Hall–Kier alpha value is -2.02. The molecule has 1 saturated carbocycles. The molecule has 1 aromatic rings. The number of benzene rings is 1. The van der Waals surface area contributed by atoms with Gasteiger partial charge in [0.1, 0.15) is 5.69 Å².